The van der Waals surface area contributed by atoms with Gasteiger partial charge in [0.25, 0.3) is 0 Å². The highest BCUT2D eigenvalue weighted by Gasteiger charge is 1.95. The van der Waals surface area contributed by atoms with Crippen molar-refractivity contribution in [2.75, 3.05) is 5.48 Å². The van der Waals surface area contributed by atoms with Crippen molar-refractivity contribution in [3.05, 3.63) is 29.8 Å². The summed E-state index contributed by atoms with van der Waals surface area (Å²) in [5.41, 5.74) is 2.75. The average molecular weight is 177 g/mol. The summed E-state index contributed by atoms with van der Waals surface area (Å²) in [5, 5.41) is 16.9. The summed E-state index contributed by atoms with van der Waals surface area (Å²) in [6.45, 7) is 0. The van der Waals surface area contributed by atoms with Gasteiger partial charge in [-0.15, -0.1) is 0 Å². The van der Waals surface area contributed by atoms with Crippen LogP contribution < -0.4 is 5.48 Å². The van der Waals surface area contributed by atoms with Gasteiger partial charge in [0.15, 0.2) is 0 Å². The van der Waals surface area contributed by atoms with E-state index in [0.717, 1.165) is 0 Å². The number of rotatable bonds is 1. The van der Waals surface area contributed by atoms with Gasteiger partial charge in [0.1, 0.15) is 0 Å². The maximum Gasteiger partial charge on any atom is 0.382 e. The van der Waals surface area contributed by atoms with Crippen molar-refractivity contribution in [1.29, 1.82) is 0 Å². The first-order valence-electron chi connectivity index (χ1n) is 3.48. The molecular formula is C9H7NO3. The van der Waals surface area contributed by atoms with E-state index >= 15 is 0 Å². The van der Waals surface area contributed by atoms with Crippen molar-refractivity contribution in [2.45, 2.75) is 0 Å². The van der Waals surface area contributed by atoms with Crippen LogP contribution in [0.2, 0.25) is 0 Å². The molecule has 13 heavy (non-hydrogen) atoms. The summed E-state index contributed by atoms with van der Waals surface area (Å²) in [6.07, 6.45) is 0. The number of benzene rings is 1. The topological polar surface area (TPSA) is 69.6 Å². The minimum Gasteiger partial charge on any atom is -0.472 e. The third-order valence-corrected chi connectivity index (χ3v) is 1.35. The SMILES string of the molecule is O=C(O)C#Cc1ccccc1NO. The van der Waals surface area contributed by atoms with Gasteiger partial charge in [0.2, 0.25) is 0 Å². The van der Waals surface area contributed by atoms with E-state index in [2.05, 4.69) is 5.92 Å². The van der Waals surface area contributed by atoms with Crippen LogP contribution in [0, 0.1) is 11.8 Å². The Morgan fingerprint density at radius 3 is 2.69 bits per heavy atom. The molecular weight excluding hydrogens is 170 g/mol. The van der Waals surface area contributed by atoms with Gasteiger partial charge in [-0.05, 0) is 12.1 Å². The number of carboxylic acid groups (broad SMARTS) is 1. The van der Waals surface area contributed by atoms with E-state index in [-0.39, 0.29) is 0 Å². The second-order valence-corrected chi connectivity index (χ2v) is 2.21. The number of hydrogen-bond acceptors (Lipinski definition) is 3. The average Bonchev–Trinajstić information content (AvgIpc) is 2.15. The maximum atomic E-state index is 10.1. The second kappa shape index (κ2) is 4.14. The molecule has 3 N–H and O–H groups in total. The van der Waals surface area contributed by atoms with E-state index < -0.39 is 5.97 Å². The summed E-state index contributed by atoms with van der Waals surface area (Å²) < 4.78 is 0. The molecule has 0 fully saturated rings. The molecule has 4 nitrogen and oxygen atoms in total. The Balaban J connectivity index is 3.02. The van der Waals surface area contributed by atoms with E-state index in [1.165, 1.54) is 0 Å². The highest BCUT2D eigenvalue weighted by Crippen LogP contribution is 2.11. The standard InChI is InChI=1S/C9H7NO3/c11-9(12)6-5-7-3-1-2-4-8(7)10-13/h1-4,10,13H,(H,11,12). The molecule has 0 saturated heterocycles. The molecule has 0 radical (unpaired) electrons. The van der Waals surface area contributed by atoms with Crippen molar-refractivity contribution in [3.63, 3.8) is 0 Å². The maximum absolute atomic E-state index is 10.1. The molecule has 0 amide bonds. The summed E-state index contributed by atoms with van der Waals surface area (Å²) in [6, 6.07) is 6.59. The number of para-hydroxylation sites is 1. The molecule has 4 heteroatoms. The molecule has 66 valence electrons. The fourth-order valence-corrected chi connectivity index (χ4v) is 0.810. The molecule has 0 spiro atoms. The van der Waals surface area contributed by atoms with Crippen LogP contribution in [0.4, 0.5) is 5.69 Å². The normalized spacial score (nSPS) is 8.38. The van der Waals surface area contributed by atoms with Crippen LogP contribution in [0.3, 0.4) is 0 Å². The first-order valence-corrected chi connectivity index (χ1v) is 3.48. The van der Waals surface area contributed by atoms with Crippen molar-refractivity contribution < 1.29 is 15.1 Å². The minimum atomic E-state index is -1.20. The predicted molar refractivity (Wildman–Crippen MR) is 46.4 cm³/mol. The Kier molecular flexibility index (Phi) is 2.90. The fraction of sp³-hybridized carbons (Fsp3) is 0. The van der Waals surface area contributed by atoms with Gasteiger partial charge >= 0.3 is 5.97 Å². The summed E-state index contributed by atoms with van der Waals surface area (Å²) >= 11 is 0. The largest absolute Gasteiger partial charge is 0.472 e. The number of carbonyl (C=O) groups is 1. The van der Waals surface area contributed by atoms with E-state index in [4.69, 9.17) is 10.3 Å². The second-order valence-electron chi connectivity index (χ2n) is 2.21. The van der Waals surface area contributed by atoms with Crippen LogP contribution in [0.25, 0.3) is 0 Å². The molecule has 0 bridgehead atoms. The van der Waals surface area contributed by atoms with E-state index in [0.29, 0.717) is 11.3 Å². The fourth-order valence-electron chi connectivity index (χ4n) is 0.810. The number of anilines is 1. The Morgan fingerprint density at radius 2 is 2.08 bits per heavy atom. The van der Waals surface area contributed by atoms with Crippen LogP contribution in [0.1, 0.15) is 5.56 Å². The molecule has 0 aromatic heterocycles. The number of aliphatic carboxylic acids is 1. The molecule has 0 heterocycles. The molecule has 1 aromatic rings. The van der Waals surface area contributed by atoms with Gasteiger partial charge in [-0.3, -0.25) is 10.7 Å². The number of nitrogens with one attached hydrogen (secondary N) is 1. The van der Waals surface area contributed by atoms with Crippen LogP contribution in [0.15, 0.2) is 24.3 Å². The third-order valence-electron chi connectivity index (χ3n) is 1.35. The van der Waals surface area contributed by atoms with Crippen LogP contribution in [-0.2, 0) is 4.79 Å². The third kappa shape index (κ3) is 2.51. The number of hydrogen-bond donors (Lipinski definition) is 3. The van der Waals surface area contributed by atoms with Gasteiger partial charge in [0.05, 0.1) is 11.3 Å². The monoisotopic (exact) mass is 177 g/mol. The Morgan fingerprint density at radius 1 is 1.38 bits per heavy atom. The molecule has 0 atom stereocenters. The zero-order valence-corrected chi connectivity index (χ0v) is 6.61. The van der Waals surface area contributed by atoms with Crippen molar-refractivity contribution in [2.24, 2.45) is 0 Å². The minimum absolute atomic E-state index is 0.385. The van der Waals surface area contributed by atoms with E-state index in [1.807, 2.05) is 11.4 Å². The van der Waals surface area contributed by atoms with Crippen molar-refractivity contribution in [3.8, 4) is 11.8 Å². The molecule has 0 saturated carbocycles. The zero-order chi connectivity index (χ0) is 9.68. The smallest absolute Gasteiger partial charge is 0.382 e. The lowest BCUT2D eigenvalue weighted by Crippen LogP contribution is -1.93. The first kappa shape index (κ1) is 9.10. The van der Waals surface area contributed by atoms with E-state index in [1.54, 1.807) is 24.3 Å². The number of carboxylic acids is 1. The zero-order valence-electron chi connectivity index (χ0n) is 6.61. The van der Waals surface area contributed by atoms with Crippen LogP contribution >= 0.6 is 0 Å². The van der Waals surface area contributed by atoms with E-state index in [9.17, 15) is 4.79 Å². The molecule has 1 rings (SSSR count). The highest BCUT2D eigenvalue weighted by atomic mass is 16.5. The predicted octanol–water partition coefficient (Wildman–Crippen LogP) is 0.924. The quantitative estimate of drug-likeness (QED) is 0.440. The molecule has 0 aliphatic heterocycles. The molecule has 1 aromatic carbocycles. The van der Waals surface area contributed by atoms with Gasteiger partial charge in [0, 0.05) is 5.92 Å². The van der Waals surface area contributed by atoms with Gasteiger partial charge in [-0.2, -0.15) is 0 Å². The van der Waals surface area contributed by atoms with Gasteiger partial charge in [-0.25, -0.2) is 4.79 Å². The van der Waals surface area contributed by atoms with Crippen molar-refractivity contribution in [1.82, 2.24) is 0 Å². The Bertz CT molecular complexity index is 376. The summed E-state index contributed by atoms with van der Waals surface area (Å²) in [4.78, 5) is 10.1. The van der Waals surface area contributed by atoms with Gasteiger partial charge < -0.3 is 5.11 Å². The molecule has 0 aliphatic rings. The lowest BCUT2D eigenvalue weighted by Gasteiger charge is -1.99. The first-order chi connectivity index (χ1) is 6.24. The lowest BCUT2D eigenvalue weighted by molar-refractivity contribution is -0.130. The summed E-state index contributed by atoms with van der Waals surface area (Å²) in [5.74, 6) is 3.14. The van der Waals surface area contributed by atoms with Crippen molar-refractivity contribution >= 4 is 11.7 Å². The molecule has 0 unspecified atom stereocenters. The van der Waals surface area contributed by atoms with Gasteiger partial charge in [-0.1, -0.05) is 18.1 Å². The summed E-state index contributed by atoms with van der Waals surface area (Å²) in [7, 11) is 0. The molecule has 0 aliphatic carbocycles. The lowest BCUT2D eigenvalue weighted by atomic mass is 10.2. The highest BCUT2D eigenvalue weighted by molar-refractivity contribution is 5.87. The van der Waals surface area contributed by atoms with Crippen LogP contribution in [-0.4, -0.2) is 16.3 Å². The van der Waals surface area contributed by atoms with Crippen LogP contribution in [0.5, 0.6) is 0 Å². The Labute approximate surface area is 74.8 Å². The Hall–Kier alpha value is -1.99.